The maximum absolute atomic E-state index is 6.48. The van der Waals surface area contributed by atoms with Crippen LogP contribution in [0.15, 0.2) is 138 Å². The van der Waals surface area contributed by atoms with Crippen LogP contribution in [0.25, 0.3) is 83.6 Å². The Hall–Kier alpha value is -5.73. The summed E-state index contributed by atoms with van der Waals surface area (Å²) in [6.07, 6.45) is 8.40. The molecule has 0 atom stereocenters. The zero-order chi connectivity index (χ0) is 43.2. The van der Waals surface area contributed by atoms with Crippen LogP contribution in [-0.4, -0.2) is 37.8 Å². The number of hydrogen-bond donors (Lipinski definition) is 0. The zero-order valence-electron chi connectivity index (χ0n) is 37.3. The van der Waals surface area contributed by atoms with E-state index in [0.717, 1.165) is 78.9 Å². The second kappa shape index (κ2) is 18.0. The van der Waals surface area contributed by atoms with Crippen molar-refractivity contribution in [2.24, 2.45) is 5.92 Å². The van der Waals surface area contributed by atoms with Gasteiger partial charge in [-0.1, -0.05) is 71.6 Å². The summed E-state index contributed by atoms with van der Waals surface area (Å²) >= 11 is -1.89. The molecule has 5 aromatic carbocycles. The minimum absolute atomic E-state index is 0. The van der Waals surface area contributed by atoms with Gasteiger partial charge in [-0.2, -0.15) is 0 Å². The van der Waals surface area contributed by atoms with Gasteiger partial charge in [-0.25, -0.2) is 4.98 Å². The van der Waals surface area contributed by atoms with Crippen molar-refractivity contribution in [1.29, 1.82) is 0 Å². The number of imidazole rings is 1. The van der Waals surface area contributed by atoms with Gasteiger partial charge in [0.1, 0.15) is 0 Å². The second-order valence-electron chi connectivity index (χ2n) is 18.4. The van der Waals surface area contributed by atoms with Crippen molar-refractivity contribution in [3.8, 4) is 39.6 Å². The molecule has 1 aliphatic carbocycles. The number of fused-ring (bicyclic) bond motifs is 7. The van der Waals surface area contributed by atoms with E-state index in [-0.39, 0.29) is 20.1 Å². The number of rotatable bonds is 7. The monoisotopic (exact) mass is 1080 g/mol. The van der Waals surface area contributed by atoms with E-state index in [0.29, 0.717) is 17.2 Å². The molecule has 11 rings (SSSR count). The van der Waals surface area contributed by atoms with Crippen LogP contribution in [0, 0.1) is 25.0 Å². The predicted octanol–water partition coefficient (Wildman–Crippen LogP) is 13.5. The minimum atomic E-state index is -1.89. The van der Waals surface area contributed by atoms with E-state index in [1.807, 2.05) is 67.6 Å². The summed E-state index contributed by atoms with van der Waals surface area (Å²) in [5, 5.41) is 3.02. The summed E-state index contributed by atoms with van der Waals surface area (Å²) in [5.41, 5.74) is 15.5. The van der Waals surface area contributed by atoms with E-state index in [4.69, 9.17) is 24.4 Å². The fourth-order valence-corrected chi connectivity index (χ4v) is 12.5. The first-order valence-corrected chi connectivity index (χ1v) is 29.6. The zero-order valence-corrected chi connectivity index (χ0v) is 41.8. The van der Waals surface area contributed by atoms with Crippen molar-refractivity contribution in [1.82, 2.24) is 24.5 Å². The van der Waals surface area contributed by atoms with E-state index >= 15 is 0 Å². The predicted molar refractivity (Wildman–Crippen MR) is 263 cm³/mol. The molecule has 8 heteroatoms. The second-order valence-corrected chi connectivity index (χ2v) is 28.9. The van der Waals surface area contributed by atoms with Crippen molar-refractivity contribution in [2.45, 2.75) is 70.1 Å². The van der Waals surface area contributed by atoms with E-state index in [2.05, 4.69) is 121 Å². The van der Waals surface area contributed by atoms with Crippen LogP contribution in [0.3, 0.4) is 0 Å². The minimum Gasteiger partial charge on any atom is -0.486 e. The Morgan fingerprint density at radius 1 is 0.750 bits per heavy atom. The van der Waals surface area contributed by atoms with Gasteiger partial charge in [-0.05, 0) is 43.3 Å². The molecule has 0 N–H and O–H groups in total. The first kappa shape index (κ1) is 43.5. The van der Waals surface area contributed by atoms with Crippen LogP contribution in [-0.2, 0) is 39.4 Å². The van der Waals surface area contributed by atoms with E-state index < -0.39 is 13.3 Å². The molecule has 5 aromatic heterocycles. The molecule has 0 unspecified atom stereocenters. The molecule has 1 radical (unpaired) electrons. The summed E-state index contributed by atoms with van der Waals surface area (Å²) < 4.78 is 10.2. The largest absolute Gasteiger partial charge is 0.486 e. The third-order valence-corrected chi connectivity index (χ3v) is 16.5. The van der Waals surface area contributed by atoms with Crippen molar-refractivity contribution in [3.63, 3.8) is 0 Å². The van der Waals surface area contributed by atoms with Crippen molar-refractivity contribution >= 4 is 61.7 Å². The Bertz CT molecular complexity index is 3300. The number of furan rings is 1. The summed E-state index contributed by atoms with van der Waals surface area (Å²) in [4.78, 5) is 19.8. The molecule has 64 heavy (non-hydrogen) atoms. The number of benzene rings is 5. The quantitative estimate of drug-likeness (QED) is 0.117. The smallest absolute Gasteiger partial charge is 0.216 e. The first-order chi connectivity index (χ1) is 30.6. The van der Waals surface area contributed by atoms with Gasteiger partial charge in [0.15, 0.2) is 0 Å². The number of aromatic nitrogens is 5. The van der Waals surface area contributed by atoms with Crippen LogP contribution in [0.5, 0.6) is 0 Å². The van der Waals surface area contributed by atoms with Crippen LogP contribution < -0.4 is 4.40 Å². The van der Waals surface area contributed by atoms with Gasteiger partial charge in [0.2, 0.25) is 5.71 Å². The average Bonchev–Trinajstić information content (AvgIpc) is 3.88. The van der Waals surface area contributed by atoms with Gasteiger partial charge in [0, 0.05) is 47.8 Å². The van der Waals surface area contributed by atoms with E-state index in [1.54, 1.807) is 4.40 Å². The molecule has 0 spiro atoms. The van der Waals surface area contributed by atoms with Crippen molar-refractivity contribution in [2.75, 3.05) is 0 Å². The van der Waals surface area contributed by atoms with Gasteiger partial charge in [0.25, 0.3) is 0 Å². The molecule has 10 aromatic rings. The molecule has 1 aliphatic rings. The van der Waals surface area contributed by atoms with Gasteiger partial charge >= 0.3 is 150 Å². The van der Waals surface area contributed by atoms with E-state index in [1.165, 1.54) is 47.9 Å². The SMILES string of the molecule is CC(C)Cc1cc(-c2[c-]cc3c(c2)CCCC3)nc[c]1[Ge]([CH3])([CH3])[CH3].Cc1ccc2ccc3nc(-c4[c-]ccc5c4oc4nc(-c6ccccc6)ccc45)n(-c4ccccc4)c3c2n1.[Ir]. The van der Waals surface area contributed by atoms with Crippen LogP contribution in [0.2, 0.25) is 17.3 Å². The third kappa shape index (κ3) is 8.49. The fraction of sp³-hybridized carbons (Fsp3) is 0.214. The Kier molecular flexibility index (Phi) is 12.3. The van der Waals surface area contributed by atoms with Gasteiger partial charge in [-0.3, -0.25) is 9.97 Å². The number of para-hydroxylation sites is 1. The molecule has 6 nitrogen and oxygen atoms in total. The maximum Gasteiger partial charge on any atom is 0.216 e. The average molecular weight is 1070 g/mol. The van der Waals surface area contributed by atoms with Crippen LogP contribution in [0.4, 0.5) is 0 Å². The maximum atomic E-state index is 6.48. The Morgan fingerprint density at radius 3 is 2.27 bits per heavy atom. The topological polar surface area (TPSA) is 69.6 Å². The summed E-state index contributed by atoms with van der Waals surface area (Å²) in [5.74, 6) is 8.82. The molecule has 5 heterocycles. The molecule has 0 bridgehead atoms. The van der Waals surface area contributed by atoms with Crippen LogP contribution in [0.1, 0.15) is 49.1 Å². The van der Waals surface area contributed by atoms with Crippen LogP contribution >= 0.6 is 0 Å². The molecule has 0 saturated heterocycles. The summed E-state index contributed by atoms with van der Waals surface area (Å²) in [7, 11) is 0. The Balaban J connectivity index is 0.000000179. The molecule has 0 aliphatic heterocycles. The Labute approximate surface area is 391 Å². The number of aryl methyl sites for hydroxylation is 3. The van der Waals surface area contributed by atoms with E-state index in [9.17, 15) is 0 Å². The fourth-order valence-electron chi connectivity index (χ4n) is 9.13. The van der Waals surface area contributed by atoms with Crippen molar-refractivity contribution in [3.05, 3.63) is 168 Å². The van der Waals surface area contributed by atoms with Gasteiger partial charge < -0.3 is 8.98 Å². The standard InChI is InChI=1S/C34H21N4O.C22H30GeN.Ir/c1-21-15-16-23-17-19-29-31(30(23)35-21)38(24-11-6-3-7-12-24)33(36-29)27-14-8-13-25-26-18-20-28(22-9-4-2-5-10-22)37-34(26)39-32(25)27;1-16(2)12-20-14-22(24-15-21(20)23(3,4)5)19-11-10-17-8-6-7-9-18(17)13-19;/h2-13,15-20H,1H3;10,13-16H,6-9,12H2,1-5H3;/q2*-1;. The Morgan fingerprint density at radius 2 is 1.50 bits per heavy atom. The van der Waals surface area contributed by atoms with Crippen molar-refractivity contribution < 1.29 is 24.5 Å². The number of pyridine rings is 3. The molecular formula is C56H51GeIrN5O-2. The summed E-state index contributed by atoms with van der Waals surface area (Å²) in [6, 6.07) is 50.7. The number of nitrogens with zero attached hydrogens (tertiary/aromatic N) is 5. The molecule has 0 saturated carbocycles. The molecule has 0 fully saturated rings. The molecular weight excluding hydrogens is 1020 g/mol. The molecule has 0 amide bonds. The third-order valence-electron chi connectivity index (χ3n) is 12.2. The normalized spacial score (nSPS) is 12.7. The number of hydrogen-bond acceptors (Lipinski definition) is 5. The van der Waals surface area contributed by atoms with Gasteiger partial charge in [0.05, 0.1) is 33.7 Å². The van der Waals surface area contributed by atoms with Gasteiger partial charge in [-0.15, -0.1) is 18.2 Å². The summed E-state index contributed by atoms with van der Waals surface area (Å²) in [6.45, 7) is 6.64. The first-order valence-electron chi connectivity index (χ1n) is 22.3. The molecule has 321 valence electrons.